The number of pyridine rings is 1. The Hall–Kier alpha value is -3.19. The molecule has 0 amide bonds. The van der Waals surface area contributed by atoms with Crippen LogP contribution in [0.3, 0.4) is 0 Å². The van der Waals surface area contributed by atoms with Gasteiger partial charge in [0.15, 0.2) is 0 Å². The first kappa shape index (κ1) is 16.3. The van der Waals surface area contributed by atoms with E-state index in [9.17, 15) is 15.2 Å². The third-order valence-corrected chi connectivity index (χ3v) is 4.57. The molecule has 2 aromatic carbocycles. The Balaban J connectivity index is 1.73. The molecule has 0 unspecified atom stereocenters. The Morgan fingerprint density at radius 1 is 1.23 bits per heavy atom. The van der Waals surface area contributed by atoms with Crippen molar-refractivity contribution in [2.75, 3.05) is 24.6 Å². The molecule has 4 rings (SSSR count). The fourth-order valence-electron chi connectivity index (χ4n) is 3.37. The van der Waals surface area contributed by atoms with Crippen LogP contribution < -0.4 is 4.90 Å². The molecule has 0 aliphatic carbocycles. The van der Waals surface area contributed by atoms with Crippen molar-refractivity contribution in [1.82, 2.24) is 4.98 Å². The molecule has 0 spiro atoms. The molecule has 0 bridgehead atoms. The van der Waals surface area contributed by atoms with E-state index in [4.69, 9.17) is 4.74 Å². The molecule has 132 valence electrons. The van der Waals surface area contributed by atoms with Crippen molar-refractivity contribution < 1.29 is 14.8 Å². The highest BCUT2D eigenvalue weighted by Gasteiger charge is 2.28. The Kier molecular flexibility index (Phi) is 4.14. The van der Waals surface area contributed by atoms with E-state index < -0.39 is 0 Å². The van der Waals surface area contributed by atoms with Crippen molar-refractivity contribution in [3.63, 3.8) is 0 Å². The summed E-state index contributed by atoms with van der Waals surface area (Å²) >= 11 is 0. The summed E-state index contributed by atoms with van der Waals surface area (Å²) in [5.74, 6) is 0.172. The van der Waals surface area contributed by atoms with Gasteiger partial charge in [-0.2, -0.15) is 0 Å². The lowest BCUT2D eigenvalue weighted by Crippen LogP contribution is -2.38. The largest absolute Gasteiger partial charge is 0.508 e. The van der Waals surface area contributed by atoms with Gasteiger partial charge in [-0.05, 0) is 42.0 Å². The van der Waals surface area contributed by atoms with E-state index in [1.807, 2.05) is 11.0 Å². The van der Waals surface area contributed by atoms with Crippen LogP contribution in [-0.2, 0) is 4.74 Å². The maximum atomic E-state index is 11.8. The number of aromatic nitrogens is 1. The van der Waals surface area contributed by atoms with Crippen LogP contribution >= 0.6 is 0 Å². The van der Waals surface area contributed by atoms with Gasteiger partial charge < -0.3 is 14.7 Å². The number of rotatable bonds is 3. The highest BCUT2D eigenvalue weighted by molar-refractivity contribution is 5.94. The lowest BCUT2D eigenvalue weighted by atomic mass is 10.1. The second kappa shape index (κ2) is 6.61. The minimum atomic E-state index is -0.349. The Morgan fingerprint density at radius 3 is 2.92 bits per heavy atom. The van der Waals surface area contributed by atoms with Crippen LogP contribution in [0.1, 0.15) is 11.7 Å². The normalized spacial score (nSPS) is 17.4. The van der Waals surface area contributed by atoms with E-state index in [1.54, 1.807) is 48.7 Å². The average molecular weight is 351 g/mol. The standard InChI is InChI=1S/C19H17N3O4/c23-14-4-1-3-13(11-14)18-12-21(9-10-26-18)17-7-6-16-15(5-2-8-20-16)19(17)22(24)25/h1-8,11,18,23H,9-10,12H2/t18-/m1/s1. The van der Waals surface area contributed by atoms with Crippen molar-refractivity contribution in [2.45, 2.75) is 6.10 Å². The predicted octanol–water partition coefficient (Wildman–Crippen LogP) is 3.43. The van der Waals surface area contributed by atoms with Gasteiger partial charge in [0.25, 0.3) is 0 Å². The molecular formula is C19H17N3O4. The molecule has 26 heavy (non-hydrogen) atoms. The highest BCUT2D eigenvalue weighted by Crippen LogP contribution is 2.37. The Morgan fingerprint density at radius 2 is 2.12 bits per heavy atom. The van der Waals surface area contributed by atoms with Crippen LogP contribution in [0.25, 0.3) is 10.9 Å². The van der Waals surface area contributed by atoms with Crippen molar-refractivity contribution in [3.8, 4) is 5.75 Å². The number of phenolic OH excluding ortho intramolecular Hbond substituents is 1. The predicted molar refractivity (Wildman–Crippen MR) is 97.4 cm³/mol. The topological polar surface area (TPSA) is 88.7 Å². The van der Waals surface area contributed by atoms with E-state index in [0.717, 1.165) is 5.56 Å². The van der Waals surface area contributed by atoms with Gasteiger partial charge >= 0.3 is 5.69 Å². The number of morpholine rings is 1. The number of ether oxygens (including phenoxy) is 1. The fraction of sp³-hybridized carbons (Fsp3) is 0.211. The number of aromatic hydroxyl groups is 1. The summed E-state index contributed by atoms with van der Waals surface area (Å²) in [5.41, 5.74) is 2.07. The summed E-state index contributed by atoms with van der Waals surface area (Å²) in [6, 6.07) is 13.9. The van der Waals surface area contributed by atoms with Gasteiger partial charge in [0, 0.05) is 19.3 Å². The van der Waals surface area contributed by atoms with Gasteiger partial charge in [-0.1, -0.05) is 12.1 Å². The summed E-state index contributed by atoms with van der Waals surface area (Å²) < 4.78 is 5.82. The number of nitrogens with zero attached hydrogens (tertiary/aromatic N) is 3. The third-order valence-electron chi connectivity index (χ3n) is 4.57. The molecule has 1 atom stereocenters. The van der Waals surface area contributed by atoms with E-state index in [1.165, 1.54) is 0 Å². The number of hydrogen-bond donors (Lipinski definition) is 1. The lowest BCUT2D eigenvalue weighted by molar-refractivity contribution is -0.382. The van der Waals surface area contributed by atoms with Crippen LogP contribution in [0.15, 0.2) is 54.7 Å². The van der Waals surface area contributed by atoms with Gasteiger partial charge in [-0.25, -0.2) is 0 Å². The summed E-state index contributed by atoms with van der Waals surface area (Å²) in [4.78, 5) is 17.6. The van der Waals surface area contributed by atoms with Crippen LogP contribution in [0.5, 0.6) is 5.75 Å². The fourth-order valence-corrected chi connectivity index (χ4v) is 3.37. The number of benzene rings is 2. The zero-order chi connectivity index (χ0) is 18.1. The molecule has 1 N–H and O–H groups in total. The second-order valence-electron chi connectivity index (χ2n) is 6.16. The summed E-state index contributed by atoms with van der Waals surface area (Å²) in [7, 11) is 0. The summed E-state index contributed by atoms with van der Waals surface area (Å²) in [5, 5.41) is 22.0. The number of hydrogen-bond acceptors (Lipinski definition) is 6. The summed E-state index contributed by atoms with van der Waals surface area (Å²) in [6.07, 6.45) is 1.36. The van der Waals surface area contributed by atoms with Crippen LogP contribution in [-0.4, -0.2) is 34.7 Å². The molecule has 3 aromatic rings. The van der Waals surface area contributed by atoms with E-state index in [0.29, 0.717) is 36.3 Å². The van der Waals surface area contributed by atoms with Crippen molar-refractivity contribution in [3.05, 3.63) is 70.4 Å². The first-order valence-corrected chi connectivity index (χ1v) is 8.31. The molecule has 0 radical (unpaired) electrons. The number of phenols is 1. The Labute approximate surface area is 149 Å². The lowest BCUT2D eigenvalue weighted by Gasteiger charge is -2.34. The van der Waals surface area contributed by atoms with Gasteiger partial charge in [0.2, 0.25) is 0 Å². The average Bonchev–Trinajstić information content (AvgIpc) is 2.67. The zero-order valence-corrected chi connectivity index (χ0v) is 13.9. The molecule has 0 saturated carbocycles. The zero-order valence-electron chi connectivity index (χ0n) is 13.9. The van der Waals surface area contributed by atoms with Crippen LogP contribution in [0.4, 0.5) is 11.4 Å². The molecule has 2 heterocycles. The van der Waals surface area contributed by atoms with Gasteiger partial charge in [0.05, 0.1) is 22.4 Å². The number of nitro benzene ring substituents is 1. The molecule has 7 heteroatoms. The number of nitro groups is 1. The quantitative estimate of drug-likeness (QED) is 0.574. The number of anilines is 1. The smallest absolute Gasteiger partial charge is 0.301 e. The first-order valence-electron chi connectivity index (χ1n) is 8.31. The van der Waals surface area contributed by atoms with Crippen molar-refractivity contribution in [2.24, 2.45) is 0 Å². The highest BCUT2D eigenvalue weighted by atomic mass is 16.6. The van der Waals surface area contributed by atoms with Crippen molar-refractivity contribution >= 4 is 22.3 Å². The van der Waals surface area contributed by atoms with E-state index in [2.05, 4.69) is 4.98 Å². The molecule has 1 aliphatic heterocycles. The number of fused-ring (bicyclic) bond motifs is 1. The van der Waals surface area contributed by atoms with Crippen LogP contribution in [0.2, 0.25) is 0 Å². The van der Waals surface area contributed by atoms with Crippen molar-refractivity contribution in [1.29, 1.82) is 0 Å². The monoisotopic (exact) mass is 351 g/mol. The molecule has 1 aliphatic rings. The minimum Gasteiger partial charge on any atom is -0.508 e. The molecule has 1 aromatic heterocycles. The molecular weight excluding hydrogens is 334 g/mol. The first-order chi connectivity index (χ1) is 12.6. The Bertz CT molecular complexity index is 976. The molecule has 1 saturated heterocycles. The van der Waals surface area contributed by atoms with Crippen LogP contribution in [0, 0.1) is 10.1 Å². The second-order valence-corrected chi connectivity index (χ2v) is 6.16. The van der Waals surface area contributed by atoms with E-state index in [-0.39, 0.29) is 22.5 Å². The maximum Gasteiger partial charge on any atom is 0.301 e. The molecule has 1 fully saturated rings. The summed E-state index contributed by atoms with van der Waals surface area (Å²) in [6.45, 7) is 1.47. The SMILES string of the molecule is O=[N+]([O-])c1c(N2CCO[C@@H](c3cccc(O)c3)C2)ccc2ncccc12. The minimum absolute atomic E-state index is 0.0622. The maximum absolute atomic E-state index is 11.8. The third kappa shape index (κ3) is 2.93. The van der Waals surface area contributed by atoms with Gasteiger partial charge in [0.1, 0.15) is 17.5 Å². The van der Waals surface area contributed by atoms with E-state index >= 15 is 0 Å². The van der Waals surface area contributed by atoms with Gasteiger partial charge in [-0.3, -0.25) is 15.1 Å². The molecule has 7 nitrogen and oxygen atoms in total. The van der Waals surface area contributed by atoms with Gasteiger partial charge in [-0.15, -0.1) is 0 Å².